The minimum atomic E-state index is 0.531. The number of hydrogen-bond donors (Lipinski definition) is 1. The van der Waals surface area contributed by atoms with Gasteiger partial charge < -0.3 is 4.74 Å². The van der Waals surface area contributed by atoms with Crippen LogP contribution < -0.4 is 4.74 Å². The van der Waals surface area contributed by atoms with Crippen molar-refractivity contribution in [3.8, 4) is 11.8 Å². The van der Waals surface area contributed by atoms with Crippen LogP contribution in [0.4, 0.5) is 0 Å². The minimum Gasteiger partial charge on any atom is -0.492 e. The van der Waals surface area contributed by atoms with E-state index in [9.17, 15) is 0 Å². The normalized spacial score (nSPS) is 10.0. The molecule has 4 heteroatoms. The molecule has 0 aliphatic carbocycles. The summed E-state index contributed by atoms with van der Waals surface area (Å²) < 4.78 is 5.34. The summed E-state index contributed by atoms with van der Waals surface area (Å²) in [6.07, 6.45) is 1.71. The second kappa shape index (κ2) is 3.38. The zero-order chi connectivity index (χ0) is 9.97. The Balaban J connectivity index is 2.62. The molecule has 0 unspecified atom stereocenters. The van der Waals surface area contributed by atoms with E-state index in [1.165, 1.54) is 0 Å². The molecule has 1 heterocycles. The highest BCUT2D eigenvalue weighted by Gasteiger charge is 2.06. The lowest BCUT2D eigenvalue weighted by Gasteiger charge is -2.04. The molecule has 1 aromatic carbocycles. The summed E-state index contributed by atoms with van der Waals surface area (Å²) >= 11 is 0. The van der Waals surface area contributed by atoms with Gasteiger partial charge in [0.1, 0.15) is 11.8 Å². The zero-order valence-corrected chi connectivity index (χ0v) is 7.74. The number of ether oxygens (including phenoxy) is 1. The lowest BCUT2D eigenvalue weighted by atomic mass is 10.1. The molecule has 0 aliphatic heterocycles. The quantitative estimate of drug-likeness (QED) is 0.780. The maximum absolute atomic E-state index is 8.88. The third kappa shape index (κ3) is 1.29. The lowest BCUT2D eigenvalue weighted by molar-refractivity contribution is 0.340. The number of nitriles is 1. The number of fused-ring (bicyclic) bond motifs is 1. The fourth-order valence-corrected chi connectivity index (χ4v) is 1.33. The summed E-state index contributed by atoms with van der Waals surface area (Å²) in [5.41, 5.74) is 1.38. The van der Waals surface area contributed by atoms with Crippen LogP contribution >= 0.6 is 0 Å². The van der Waals surface area contributed by atoms with E-state index in [0.717, 1.165) is 10.9 Å². The van der Waals surface area contributed by atoms with Crippen LogP contribution in [0.3, 0.4) is 0 Å². The van der Waals surface area contributed by atoms with Gasteiger partial charge >= 0.3 is 0 Å². The third-order valence-electron chi connectivity index (χ3n) is 1.96. The summed E-state index contributed by atoms with van der Waals surface area (Å²) in [6, 6.07) is 5.65. The Hall–Kier alpha value is -2.02. The van der Waals surface area contributed by atoms with Gasteiger partial charge in [-0.25, -0.2) is 0 Å². The minimum absolute atomic E-state index is 0.531. The van der Waals surface area contributed by atoms with Gasteiger partial charge in [-0.15, -0.1) is 0 Å². The highest BCUT2D eigenvalue weighted by Crippen LogP contribution is 2.23. The molecule has 14 heavy (non-hydrogen) atoms. The van der Waals surface area contributed by atoms with Crippen LogP contribution in [0.1, 0.15) is 12.5 Å². The first kappa shape index (κ1) is 8.57. The summed E-state index contributed by atoms with van der Waals surface area (Å²) in [7, 11) is 0. The molecular weight excluding hydrogens is 178 g/mol. The van der Waals surface area contributed by atoms with Crippen molar-refractivity contribution in [1.29, 1.82) is 5.26 Å². The van der Waals surface area contributed by atoms with Gasteiger partial charge in [-0.05, 0) is 19.1 Å². The maximum atomic E-state index is 8.88. The van der Waals surface area contributed by atoms with Gasteiger partial charge in [0.05, 0.1) is 23.9 Å². The van der Waals surface area contributed by atoms with Gasteiger partial charge in [0.2, 0.25) is 0 Å². The smallest absolute Gasteiger partial charge is 0.137 e. The predicted octanol–water partition coefficient (Wildman–Crippen LogP) is 1.83. The van der Waals surface area contributed by atoms with E-state index in [1.54, 1.807) is 12.3 Å². The molecule has 1 aromatic heterocycles. The Morgan fingerprint density at radius 3 is 3.14 bits per heavy atom. The molecule has 0 fully saturated rings. The summed E-state index contributed by atoms with van der Waals surface area (Å²) in [5.74, 6) is 0.615. The standard InChI is InChI=1S/C10H9N3O/c1-2-14-10-4-8-6-12-13-9(8)3-7(10)5-11/h3-4,6H,2H2,1H3,(H,12,13). The first-order valence-electron chi connectivity index (χ1n) is 4.35. The summed E-state index contributed by atoms with van der Waals surface area (Å²) in [4.78, 5) is 0. The van der Waals surface area contributed by atoms with Crippen LogP contribution in [-0.2, 0) is 0 Å². The maximum Gasteiger partial charge on any atom is 0.137 e. The Morgan fingerprint density at radius 1 is 1.57 bits per heavy atom. The van der Waals surface area contributed by atoms with E-state index < -0.39 is 0 Å². The van der Waals surface area contributed by atoms with Crippen LogP contribution in [-0.4, -0.2) is 16.8 Å². The van der Waals surface area contributed by atoms with Crippen molar-refractivity contribution in [2.24, 2.45) is 0 Å². The van der Waals surface area contributed by atoms with Gasteiger partial charge in [-0.3, -0.25) is 5.10 Å². The molecule has 1 N–H and O–H groups in total. The number of nitrogens with zero attached hydrogens (tertiary/aromatic N) is 2. The van der Waals surface area contributed by atoms with Gasteiger partial charge in [-0.2, -0.15) is 10.4 Å². The van der Waals surface area contributed by atoms with Crippen molar-refractivity contribution in [2.75, 3.05) is 6.61 Å². The summed E-state index contributed by atoms with van der Waals surface area (Å²) in [5, 5.41) is 16.5. The van der Waals surface area contributed by atoms with Gasteiger partial charge in [0.15, 0.2) is 0 Å². The molecule has 0 saturated heterocycles. The average molecular weight is 187 g/mol. The number of H-pyrrole nitrogens is 1. The second-order valence-electron chi connectivity index (χ2n) is 2.85. The number of benzene rings is 1. The molecule has 4 nitrogen and oxygen atoms in total. The second-order valence-corrected chi connectivity index (χ2v) is 2.85. The number of nitrogens with one attached hydrogen (secondary N) is 1. The molecule has 2 aromatic rings. The molecule has 0 aliphatic rings. The first-order chi connectivity index (χ1) is 6.85. The van der Waals surface area contributed by atoms with Crippen LogP contribution in [0.2, 0.25) is 0 Å². The first-order valence-corrected chi connectivity index (χ1v) is 4.35. The molecular formula is C10H9N3O. The van der Waals surface area contributed by atoms with Crippen molar-refractivity contribution < 1.29 is 4.74 Å². The highest BCUT2D eigenvalue weighted by molar-refractivity contribution is 5.81. The van der Waals surface area contributed by atoms with Crippen molar-refractivity contribution in [3.05, 3.63) is 23.9 Å². The largest absolute Gasteiger partial charge is 0.492 e. The Bertz CT molecular complexity index is 496. The van der Waals surface area contributed by atoms with E-state index in [-0.39, 0.29) is 0 Å². The SMILES string of the molecule is CCOc1cc2cn[nH]c2cc1C#N. The molecule has 2 rings (SSSR count). The predicted molar refractivity (Wildman–Crippen MR) is 52.0 cm³/mol. The van der Waals surface area contributed by atoms with Gasteiger partial charge in [-0.1, -0.05) is 0 Å². The van der Waals surface area contributed by atoms with E-state index in [4.69, 9.17) is 10.00 Å². The molecule has 0 saturated carbocycles. The van der Waals surface area contributed by atoms with E-state index in [2.05, 4.69) is 16.3 Å². The molecule has 0 amide bonds. The van der Waals surface area contributed by atoms with Crippen molar-refractivity contribution in [3.63, 3.8) is 0 Å². The number of rotatable bonds is 2. The Morgan fingerprint density at radius 2 is 2.43 bits per heavy atom. The zero-order valence-electron chi connectivity index (χ0n) is 7.74. The monoisotopic (exact) mass is 187 g/mol. The van der Waals surface area contributed by atoms with Crippen LogP contribution in [0.15, 0.2) is 18.3 Å². The molecule has 0 bridgehead atoms. The number of aromatic nitrogens is 2. The molecule has 70 valence electrons. The van der Waals surface area contributed by atoms with Crippen LogP contribution in [0.5, 0.6) is 5.75 Å². The summed E-state index contributed by atoms with van der Waals surface area (Å²) in [6.45, 7) is 2.44. The fraction of sp³-hybridized carbons (Fsp3) is 0.200. The highest BCUT2D eigenvalue weighted by atomic mass is 16.5. The van der Waals surface area contributed by atoms with Gasteiger partial charge in [0.25, 0.3) is 0 Å². The average Bonchev–Trinajstić information content (AvgIpc) is 2.64. The van der Waals surface area contributed by atoms with E-state index in [0.29, 0.717) is 17.9 Å². The molecule has 0 radical (unpaired) electrons. The van der Waals surface area contributed by atoms with Crippen molar-refractivity contribution in [1.82, 2.24) is 10.2 Å². The van der Waals surface area contributed by atoms with Crippen molar-refractivity contribution in [2.45, 2.75) is 6.92 Å². The van der Waals surface area contributed by atoms with Crippen LogP contribution in [0.25, 0.3) is 10.9 Å². The lowest BCUT2D eigenvalue weighted by Crippen LogP contribution is -1.94. The number of aromatic amines is 1. The van der Waals surface area contributed by atoms with E-state index >= 15 is 0 Å². The van der Waals surface area contributed by atoms with E-state index in [1.807, 2.05) is 13.0 Å². The molecule has 0 spiro atoms. The number of hydrogen-bond acceptors (Lipinski definition) is 3. The Kier molecular flexibility index (Phi) is 2.07. The third-order valence-corrected chi connectivity index (χ3v) is 1.96. The molecule has 0 atom stereocenters. The Labute approximate surface area is 81.1 Å². The fourth-order valence-electron chi connectivity index (χ4n) is 1.33. The van der Waals surface area contributed by atoms with Gasteiger partial charge in [0, 0.05) is 5.39 Å². The van der Waals surface area contributed by atoms with Crippen molar-refractivity contribution >= 4 is 10.9 Å². The topological polar surface area (TPSA) is 61.7 Å². The van der Waals surface area contributed by atoms with Crippen LogP contribution in [0, 0.1) is 11.3 Å².